The van der Waals surface area contributed by atoms with Gasteiger partial charge in [-0.05, 0) is 59.7 Å². The molecule has 0 aliphatic rings. The molecule has 0 bridgehead atoms. The van der Waals surface area contributed by atoms with Gasteiger partial charge in [0.2, 0.25) is 0 Å². The number of carbonyl (C=O) groups is 2. The van der Waals surface area contributed by atoms with Gasteiger partial charge in [-0.1, -0.05) is 34.1 Å². The predicted octanol–water partition coefficient (Wildman–Crippen LogP) is 4.50. The van der Waals surface area contributed by atoms with E-state index in [0.717, 1.165) is 10.0 Å². The number of benzene rings is 3. The standard InChI is InChI=1S/C23H19BrN2O5/c1-30-21-11-15(13-25-26-22(27)17-5-3-7-19(24)12-17)8-9-20(21)31-14-16-4-2-6-18(10-16)23(28)29/h2-13H,14H2,1H3,(H,26,27)(H,28,29)/b25-13-. The number of halogens is 1. The second-order valence-corrected chi connectivity index (χ2v) is 7.33. The van der Waals surface area contributed by atoms with Crippen molar-refractivity contribution in [2.75, 3.05) is 7.11 Å². The van der Waals surface area contributed by atoms with E-state index in [0.29, 0.717) is 22.6 Å². The van der Waals surface area contributed by atoms with Gasteiger partial charge in [-0.25, -0.2) is 10.2 Å². The molecule has 1 amide bonds. The van der Waals surface area contributed by atoms with Gasteiger partial charge in [-0.3, -0.25) is 4.79 Å². The topological polar surface area (TPSA) is 97.2 Å². The Kier molecular flexibility index (Phi) is 7.40. The van der Waals surface area contributed by atoms with Crippen LogP contribution in [0.1, 0.15) is 31.8 Å². The molecule has 0 unspecified atom stereocenters. The van der Waals surface area contributed by atoms with Crippen molar-refractivity contribution in [1.82, 2.24) is 5.43 Å². The summed E-state index contributed by atoms with van der Waals surface area (Å²) in [4.78, 5) is 23.2. The minimum Gasteiger partial charge on any atom is -0.493 e. The zero-order chi connectivity index (χ0) is 22.2. The average Bonchev–Trinajstić information content (AvgIpc) is 2.78. The molecule has 0 saturated carbocycles. The lowest BCUT2D eigenvalue weighted by Gasteiger charge is -2.11. The van der Waals surface area contributed by atoms with E-state index in [-0.39, 0.29) is 18.1 Å². The van der Waals surface area contributed by atoms with Crippen LogP contribution in [0.3, 0.4) is 0 Å². The highest BCUT2D eigenvalue weighted by Gasteiger charge is 2.08. The molecule has 2 N–H and O–H groups in total. The number of nitrogens with zero attached hydrogens (tertiary/aromatic N) is 1. The van der Waals surface area contributed by atoms with Crippen LogP contribution in [0.25, 0.3) is 0 Å². The third kappa shape index (κ3) is 6.16. The Balaban J connectivity index is 1.64. The van der Waals surface area contributed by atoms with Crippen molar-refractivity contribution in [3.8, 4) is 11.5 Å². The number of methoxy groups -OCH3 is 1. The van der Waals surface area contributed by atoms with Crippen molar-refractivity contribution < 1.29 is 24.2 Å². The molecule has 0 saturated heterocycles. The number of rotatable bonds is 8. The van der Waals surface area contributed by atoms with E-state index in [2.05, 4.69) is 26.5 Å². The summed E-state index contributed by atoms with van der Waals surface area (Å²) in [6, 6.07) is 18.7. The van der Waals surface area contributed by atoms with Crippen LogP contribution in [0.4, 0.5) is 0 Å². The van der Waals surface area contributed by atoms with E-state index < -0.39 is 5.97 Å². The largest absolute Gasteiger partial charge is 0.493 e. The van der Waals surface area contributed by atoms with Crippen molar-refractivity contribution in [3.05, 3.63) is 93.5 Å². The van der Waals surface area contributed by atoms with Gasteiger partial charge in [0.25, 0.3) is 5.91 Å². The second kappa shape index (κ2) is 10.4. The lowest BCUT2D eigenvalue weighted by Crippen LogP contribution is -2.17. The van der Waals surface area contributed by atoms with Crippen LogP contribution >= 0.6 is 15.9 Å². The molecule has 0 aliphatic carbocycles. The summed E-state index contributed by atoms with van der Waals surface area (Å²) in [5.74, 6) is -0.335. The SMILES string of the molecule is COc1cc(/C=N\NC(=O)c2cccc(Br)c2)ccc1OCc1cccc(C(=O)O)c1. The molecular formula is C23H19BrN2O5. The second-order valence-electron chi connectivity index (χ2n) is 6.41. The molecular weight excluding hydrogens is 464 g/mol. The molecule has 7 nitrogen and oxygen atoms in total. The Morgan fingerprint density at radius 3 is 2.55 bits per heavy atom. The van der Waals surface area contributed by atoms with E-state index >= 15 is 0 Å². The number of hydrazone groups is 1. The lowest BCUT2D eigenvalue weighted by atomic mass is 10.1. The van der Waals surface area contributed by atoms with E-state index in [9.17, 15) is 9.59 Å². The van der Waals surface area contributed by atoms with Gasteiger partial charge in [0, 0.05) is 10.0 Å². The number of carbonyl (C=O) groups excluding carboxylic acids is 1. The van der Waals surface area contributed by atoms with Crippen molar-refractivity contribution in [3.63, 3.8) is 0 Å². The molecule has 3 rings (SSSR count). The smallest absolute Gasteiger partial charge is 0.335 e. The molecule has 0 spiro atoms. The van der Waals surface area contributed by atoms with Gasteiger partial charge in [0.1, 0.15) is 6.61 Å². The quantitative estimate of drug-likeness (QED) is 0.363. The number of amides is 1. The highest BCUT2D eigenvalue weighted by molar-refractivity contribution is 9.10. The van der Waals surface area contributed by atoms with Crippen LogP contribution < -0.4 is 14.9 Å². The third-order valence-corrected chi connectivity index (χ3v) is 4.72. The predicted molar refractivity (Wildman–Crippen MR) is 120 cm³/mol. The first-order chi connectivity index (χ1) is 15.0. The van der Waals surface area contributed by atoms with Gasteiger partial charge in [0.15, 0.2) is 11.5 Å². The number of nitrogens with one attached hydrogen (secondary N) is 1. The van der Waals surface area contributed by atoms with Crippen molar-refractivity contribution in [1.29, 1.82) is 0 Å². The van der Waals surface area contributed by atoms with Crippen molar-refractivity contribution in [2.24, 2.45) is 5.10 Å². The van der Waals surface area contributed by atoms with E-state index in [4.69, 9.17) is 14.6 Å². The molecule has 158 valence electrons. The fourth-order valence-electron chi connectivity index (χ4n) is 2.70. The van der Waals surface area contributed by atoms with Crippen molar-refractivity contribution in [2.45, 2.75) is 6.61 Å². The van der Waals surface area contributed by atoms with E-state index in [1.807, 2.05) is 6.07 Å². The molecule has 3 aromatic carbocycles. The number of hydrogen-bond donors (Lipinski definition) is 2. The van der Waals surface area contributed by atoms with Crippen LogP contribution in [0.15, 0.2) is 76.3 Å². The molecule has 0 aliphatic heterocycles. The molecule has 0 atom stereocenters. The summed E-state index contributed by atoms with van der Waals surface area (Å²) in [5.41, 5.74) is 4.59. The van der Waals surface area contributed by atoms with Gasteiger partial charge >= 0.3 is 5.97 Å². The Labute approximate surface area is 187 Å². The first kappa shape index (κ1) is 22.0. The van der Waals surface area contributed by atoms with Gasteiger partial charge in [0.05, 0.1) is 18.9 Å². The number of aromatic carboxylic acids is 1. The molecule has 8 heteroatoms. The summed E-state index contributed by atoms with van der Waals surface area (Å²) >= 11 is 3.33. The van der Waals surface area contributed by atoms with E-state index in [1.54, 1.807) is 54.6 Å². The minimum absolute atomic E-state index is 0.188. The highest BCUT2D eigenvalue weighted by Crippen LogP contribution is 2.28. The molecule has 31 heavy (non-hydrogen) atoms. The van der Waals surface area contributed by atoms with Crippen LogP contribution in [0.2, 0.25) is 0 Å². The van der Waals surface area contributed by atoms with Crippen LogP contribution in [0.5, 0.6) is 11.5 Å². The maximum absolute atomic E-state index is 12.1. The number of hydrogen-bond acceptors (Lipinski definition) is 5. The van der Waals surface area contributed by atoms with Gasteiger partial charge in [-0.2, -0.15) is 5.10 Å². The zero-order valence-electron chi connectivity index (χ0n) is 16.5. The number of carboxylic acid groups (broad SMARTS) is 1. The third-order valence-electron chi connectivity index (χ3n) is 4.22. The van der Waals surface area contributed by atoms with E-state index in [1.165, 1.54) is 19.4 Å². The number of ether oxygens (including phenoxy) is 2. The number of carboxylic acids is 1. The maximum Gasteiger partial charge on any atom is 0.335 e. The summed E-state index contributed by atoms with van der Waals surface area (Å²) in [6.07, 6.45) is 1.50. The van der Waals surface area contributed by atoms with Gasteiger partial charge in [-0.15, -0.1) is 0 Å². The molecule has 0 fully saturated rings. The summed E-state index contributed by atoms with van der Waals surface area (Å²) in [6.45, 7) is 0.188. The first-order valence-corrected chi connectivity index (χ1v) is 9.97. The Morgan fingerprint density at radius 2 is 1.81 bits per heavy atom. The average molecular weight is 483 g/mol. The lowest BCUT2D eigenvalue weighted by molar-refractivity contribution is 0.0696. The monoisotopic (exact) mass is 482 g/mol. The Hall–Kier alpha value is -3.65. The maximum atomic E-state index is 12.1. The molecule has 3 aromatic rings. The highest BCUT2D eigenvalue weighted by atomic mass is 79.9. The molecule has 0 heterocycles. The zero-order valence-corrected chi connectivity index (χ0v) is 18.1. The first-order valence-electron chi connectivity index (χ1n) is 9.18. The normalized spacial score (nSPS) is 10.6. The summed E-state index contributed by atoms with van der Waals surface area (Å²) < 4.78 is 12.0. The molecule has 0 aromatic heterocycles. The fourth-order valence-corrected chi connectivity index (χ4v) is 3.10. The Bertz CT molecular complexity index is 1130. The van der Waals surface area contributed by atoms with Crippen molar-refractivity contribution >= 4 is 34.0 Å². The summed E-state index contributed by atoms with van der Waals surface area (Å²) in [5, 5.41) is 13.1. The Morgan fingerprint density at radius 1 is 1.03 bits per heavy atom. The van der Waals surface area contributed by atoms with Gasteiger partial charge < -0.3 is 14.6 Å². The van der Waals surface area contributed by atoms with Crippen LogP contribution in [0, 0.1) is 0 Å². The minimum atomic E-state index is -0.991. The van der Waals surface area contributed by atoms with Crippen LogP contribution in [-0.2, 0) is 6.61 Å². The van der Waals surface area contributed by atoms with Crippen LogP contribution in [-0.4, -0.2) is 30.3 Å². The molecule has 0 radical (unpaired) electrons. The fraction of sp³-hybridized carbons (Fsp3) is 0.0870. The summed E-state index contributed by atoms with van der Waals surface area (Å²) in [7, 11) is 1.52.